The standard InChI is InChI=1S/C16H19NO5/c18-14(19)16-8-6-12(7-9-16)13(22-16)17-15(20)21-10-11-4-2-1-3-5-11/h1-5,12-13H,6-10H2,(H,17,20)(H,18,19). The topological polar surface area (TPSA) is 84.9 Å². The monoisotopic (exact) mass is 305 g/mol. The largest absolute Gasteiger partial charge is 0.479 e. The Labute approximate surface area is 128 Å². The van der Waals surface area contributed by atoms with Gasteiger partial charge in [-0.3, -0.25) is 5.32 Å². The van der Waals surface area contributed by atoms with Crippen LogP contribution in [0.2, 0.25) is 0 Å². The third kappa shape index (κ3) is 2.92. The number of amides is 1. The summed E-state index contributed by atoms with van der Waals surface area (Å²) >= 11 is 0. The van der Waals surface area contributed by atoms with E-state index in [1.54, 1.807) is 0 Å². The summed E-state index contributed by atoms with van der Waals surface area (Å²) in [6, 6.07) is 9.37. The van der Waals surface area contributed by atoms with Crippen molar-refractivity contribution < 1.29 is 24.2 Å². The highest BCUT2D eigenvalue weighted by Gasteiger charge is 2.52. The molecule has 2 aliphatic heterocycles. The van der Waals surface area contributed by atoms with Crippen LogP contribution in [-0.4, -0.2) is 29.0 Å². The van der Waals surface area contributed by atoms with E-state index in [0.717, 1.165) is 18.4 Å². The molecule has 4 rings (SSSR count). The minimum absolute atomic E-state index is 0.158. The van der Waals surface area contributed by atoms with E-state index in [0.29, 0.717) is 12.8 Å². The highest BCUT2D eigenvalue weighted by molar-refractivity contribution is 5.78. The summed E-state index contributed by atoms with van der Waals surface area (Å²) in [5, 5.41) is 12.0. The maximum Gasteiger partial charge on any atom is 0.409 e. The Morgan fingerprint density at radius 1 is 1.27 bits per heavy atom. The number of fused-ring (bicyclic) bond motifs is 3. The average Bonchev–Trinajstić information content (AvgIpc) is 2.55. The molecular formula is C16H19NO5. The summed E-state index contributed by atoms with van der Waals surface area (Å²) in [6.07, 6.45) is 1.34. The number of ether oxygens (including phenoxy) is 2. The van der Waals surface area contributed by atoms with Gasteiger partial charge in [0.2, 0.25) is 0 Å². The second-order valence-corrected chi connectivity index (χ2v) is 5.88. The molecule has 1 aliphatic carbocycles. The molecule has 1 unspecified atom stereocenters. The predicted octanol–water partition coefficient (Wildman–Crippen LogP) is 2.28. The first-order valence-electron chi connectivity index (χ1n) is 7.47. The van der Waals surface area contributed by atoms with Gasteiger partial charge in [0.25, 0.3) is 0 Å². The van der Waals surface area contributed by atoms with Crippen LogP contribution in [0.25, 0.3) is 0 Å². The number of carboxylic acids is 1. The van der Waals surface area contributed by atoms with E-state index in [1.165, 1.54) is 0 Å². The molecule has 118 valence electrons. The van der Waals surface area contributed by atoms with Crippen LogP contribution in [0.15, 0.2) is 30.3 Å². The number of carbonyl (C=O) groups is 2. The van der Waals surface area contributed by atoms with Crippen molar-refractivity contribution in [2.24, 2.45) is 5.92 Å². The Bertz CT molecular complexity index is 551. The zero-order valence-corrected chi connectivity index (χ0v) is 12.2. The van der Waals surface area contributed by atoms with Gasteiger partial charge in [0, 0.05) is 5.92 Å². The first kappa shape index (κ1) is 14.8. The SMILES string of the molecule is O=C(NC1OC2(C(=O)O)CCC1CC2)OCc1ccccc1. The van der Waals surface area contributed by atoms with E-state index < -0.39 is 23.9 Å². The van der Waals surface area contributed by atoms with Gasteiger partial charge in [-0.05, 0) is 31.2 Å². The molecule has 1 atom stereocenters. The number of carbonyl (C=O) groups excluding carboxylic acids is 1. The van der Waals surface area contributed by atoms with E-state index in [4.69, 9.17) is 9.47 Å². The van der Waals surface area contributed by atoms with Gasteiger partial charge < -0.3 is 14.6 Å². The number of aliphatic carboxylic acids is 1. The van der Waals surface area contributed by atoms with Crippen LogP contribution < -0.4 is 5.32 Å². The Balaban J connectivity index is 1.54. The number of carboxylic acid groups (broad SMARTS) is 1. The molecule has 3 aliphatic rings. The molecule has 3 fully saturated rings. The maximum atomic E-state index is 11.9. The van der Waals surface area contributed by atoms with Gasteiger partial charge in [-0.15, -0.1) is 0 Å². The molecular weight excluding hydrogens is 286 g/mol. The Morgan fingerprint density at radius 3 is 2.59 bits per heavy atom. The normalized spacial score (nSPS) is 29.8. The van der Waals surface area contributed by atoms with Crippen LogP contribution in [0.4, 0.5) is 4.79 Å². The number of benzene rings is 1. The quantitative estimate of drug-likeness (QED) is 0.891. The third-order valence-corrected chi connectivity index (χ3v) is 4.48. The molecule has 2 N–H and O–H groups in total. The third-order valence-electron chi connectivity index (χ3n) is 4.48. The number of hydrogen-bond acceptors (Lipinski definition) is 4. The minimum atomic E-state index is -1.15. The van der Waals surface area contributed by atoms with Crippen molar-refractivity contribution in [3.05, 3.63) is 35.9 Å². The average molecular weight is 305 g/mol. The predicted molar refractivity (Wildman–Crippen MR) is 77.0 cm³/mol. The Hall–Kier alpha value is -2.08. The number of nitrogens with one attached hydrogen (secondary N) is 1. The minimum Gasteiger partial charge on any atom is -0.479 e. The lowest BCUT2D eigenvalue weighted by Crippen LogP contribution is -2.59. The summed E-state index contributed by atoms with van der Waals surface area (Å²) < 4.78 is 10.8. The number of alkyl carbamates (subject to hydrolysis) is 1. The van der Waals surface area contributed by atoms with Crippen molar-refractivity contribution in [1.29, 1.82) is 0 Å². The summed E-state index contributed by atoms with van der Waals surface area (Å²) in [4.78, 5) is 23.3. The number of hydrogen-bond donors (Lipinski definition) is 2. The van der Waals surface area contributed by atoms with Gasteiger partial charge >= 0.3 is 12.1 Å². The molecule has 1 amide bonds. The molecule has 2 heterocycles. The Morgan fingerprint density at radius 2 is 1.95 bits per heavy atom. The fourth-order valence-electron chi connectivity index (χ4n) is 3.16. The summed E-state index contributed by atoms with van der Waals surface area (Å²) in [7, 11) is 0. The first-order chi connectivity index (χ1) is 10.6. The molecule has 0 aromatic heterocycles. The van der Waals surface area contributed by atoms with Crippen LogP contribution in [0, 0.1) is 5.92 Å². The molecule has 6 heteroatoms. The lowest BCUT2D eigenvalue weighted by Gasteiger charge is -2.47. The van der Waals surface area contributed by atoms with Crippen molar-refractivity contribution in [1.82, 2.24) is 5.32 Å². The van der Waals surface area contributed by atoms with Crippen molar-refractivity contribution in [3.8, 4) is 0 Å². The van der Waals surface area contributed by atoms with Crippen LogP contribution in [0.3, 0.4) is 0 Å². The molecule has 6 nitrogen and oxygen atoms in total. The molecule has 22 heavy (non-hydrogen) atoms. The van der Waals surface area contributed by atoms with E-state index >= 15 is 0 Å². The highest BCUT2D eigenvalue weighted by atomic mass is 16.6. The van der Waals surface area contributed by atoms with Crippen molar-refractivity contribution in [2.75, 3.05) is 0 Å². The van der Waals surface area contributed by atoms with Gasteiger partial charge in [0.1, 0.15) is 12.8 Å². The van der Waals surface area contributed by atoms with Gasteiger partial charge in [0.15, 0.2) is 5.60 Å². The summed E-state index contributed by atoms with van der Waals surface area (Å²) in [5.41, 5.74) is -0.252. The molecule has 0 radical (unpaired) electrons. The number of rotatable bonds is 4. The lowest BCUT2D eigenvalue weighted by atomic mass is 9.74. The van der Waals surface area contributed by atoms with Crippen LogP contribution >= 0.6 is 0 Å². The van der Waals surface area contributed by atoms with E-state index in [1.807, 2.05) is 30.3 Å². The zero-order valence-electron chi connectivity index (χ0n) is 12.2. The molecule has 0 spiro atoms. The van der Waals surface area contributed by atoms with Crippen LogP contribution in [0.5, 0.6) is 0 Å². The second-order valence-electron chi connectivity index (χ2n) is 5.88. The molecule has 2 bridgehead atoms. The molecule has 1 aromatic carbocycles. The molecule has 1 aromatic rings. The maximum absolute atomic E-state index is 11.9. The summed E-state index contributed by atoms with van der Waals surface area (Å²) in [6.45, 7) is 0.175. The fraction of sp³-hybridized carbons (Fsp3) is 0.500. The van der Waals surface area contributed by atoms with Gasteiger partial charge in [-0.25, -0.2) is 9.59 Å². The summed E-state index contributed by atoms with van der Waals surface area (Å²) in [5.74, 6) is -0.791. The first-order valence-corrected chi connectivity index (χ1v) is 7.47. The highest BCUT2D eigenvalue weighted by Crippen LogP contribution is 2.44. The van der Waals surface area contributed by atoms with Crippen molar-refractivity contribution in [2.45, 2.75) is 44.1 Å². The zero-order chi connectivity index (χ0) is 15.6. The van der Waals surface area contributed by atoms with Gasteiger partial charge in [0.05, 0.1) is 0 Å². The van der Waals surface area contributed by atoms with Crippen LogP contribution in [-0.2, 0) is 20.9 Å². The second kappa shape index (κ2) is 5.96. The van der Waals surface area contributed by atoms with E-state index in [9.17, 15) is 14.7 Å². The smallest absolute Gasteiger partial charge is 0.409 e. The van der Waals surface area contributed by atoms with Crippen LogP contribution in [0.1, 0.15) is 31.2 Å². The van der Waals surface area contributed by atoms with E-state index in [-0.39, 0.29) is 12.5 Å². The lowest BCUT2D eigenvalue weighted by molar-refractivity contribution is -0.217. The fourth-order valence-corrected chi connectivity index (χ4v) is 3.16. The van der Waals surface area contributed by atoms with Crippen molar-refractivity contribution >= 4 is 12.1 Å². The van der Waals surface area contributed by atoms with E-state index in [2.05, 4.69) is 5.32 Å². The Kier molecular flexibility index (Phi) is 4.02. The van der Waals surface area contributed by atoms with Crippen molar-refractivity contribution in [3.63, 3.8) is 0 Å². The molecule has 2 saturated heterocycles. The van der Waals surface area contributed by atoms with Gasteiger partial charge in [-0.2, -0.15) is 0 Å². The van der Waals surface area contributed by atoms with Gasteiger partial charge in [-0.1, -0.05) is 30.3 Å². The molecule has 1 saturated carbocycles.